The first-order chi connectivity index (χ1) is 16.2. The number of carbonyl (C=O) groups excluding carboxylic acids is 1. The molecule has 1 amide bonds. The first kappa shape index (κ1) is 25.1. The van der Waals surface area contributed by atoms with Crippen LogP contribution in [0.3, 0.4) is 0 Å². The van der Waals surface area contributed by atoms with E-state index in [-0.39, 0.29) is 18.9 Å². The molecule has 180 valence electrons. The average Bonchev–Trinajstić information content (AvgIpc) is 2.80. The van der Waals surface area contributed by atoms with Gasteiger partial charge in [-0.05, 0) is 36.8 Å². The fraction of sp³-hybridized carbons (Fsp3) is 0.292. The van der Waals surface area contributed by atoms with E-state index >= 15 is 0 Å². The van der Waals surface area contributed by atoms with Gasteiger partial charge in [0.15, 0.2) is 29.0 Å². The summed E-state index contributed by atoms with van der Waals surface area (Å²) in [4.78, 5) is 21.3. The molecule has 1 heterocycles. The first-order valence-corrected chi connectivity index (χ1v) is 10.3. The molecule has 0 bridgehead atoms. The molecule has 2 atom stereocenters. The number of nitrogens with zero attached hydrogens (tertiary/aromatic N) is 2. The van der Waals surface area contributed by atoms with Crippen LogP contribution in [0.1, 0.15) is 29.9 Å². The van der Waals surface area contributed by atoms with Gasteiger partial charge in [-0.25, -0.2) is 27.5 Å². The van der Waals surface area contributed by atoms with Gasteiger partial charge >= 0.3 is 0 Å². The Hall–Kier alpha value is -3.53. The van der Waals surface area contributed by atoms with E-state index in [1.54, 1.807) is 13.8 Å². The van der Waals surface area contributed by atoms with Crippen molar-refractivity contribution >= 4 is 11.6 Å². The van der Waals surface area contributed by atoms with E-state index in [0.717, 1.165) is 24.3 Å². The van der Waals surface area contributed by atoms with Crippen molar-refractivity contribution in [3.8, 4) is 5.75 Å². The predicted molar refractivity (Wildman–Crippen MR) is 116 cm³/mol. The zero-order chi connectivity index (χ0) is 24.8. The van der Waals surface area contributed by atoms with Gasteiger partial charge in [-0.3, -0.25) is 4.79 Å². The van der Waals surface area contributed by atoms with Crippen molar-refractivity contribution in [2.45, 2.75) is 26.4 Å². The van der Waals surface area contributed by atoms with Gasteiger partial charge < -0.3 is 14.8 Å². The van der Waals surface area contributed by atoms with E-state index in [4.69, 9.17) is 9.47 Å². The molecular formula is C24H23F4N3O3. The highest BCUT2D eigenvalue weighted by Gasteiger charge is 2.28. The van der Waals surface area contributed by atoms with E-state index in [0.29, 0.717) is 22.8 Å². The van der Waals surface area contributed by atoms with Crippen molar-refractivity contribution in [1.29, 1.82) is 0 Å². The number of aryl methyl sites for hydroxylation is 1. The summed E-state index contributed by atoms with van der Waals surface area (Å²) in [7, 11) is 1.50. The van der Waals surface area contributed by atoms with Gasteiger partial charge in [0.25, 0.3) is 0 Å². The van der Waals surface area contributed by atoms with Crippen molar-refractivity contribution < 1.29 is 31.8 Å². The Morgan fingerprint density at radius 3 is 2.35 bits per heavy atom. The molecule has 2 aromatic carbocycles. The van der Waals surface area contributed by atoms with Crippen LogP contribution in [-0.2, 0) is 16.1 Å². The van der Waals surface area contributed by atoms with Crippen LogP contribution < -0.4 is 10.1 Å². The Morgan fingerprint density at radius 1 is 1.03 bits per heavy atom. The van der Waals surface area contributed by atoms with Crippen LogP contribution in [-0.4, -0.2) is 29.6 Å². The number of rotatable bonds is 9. The molecule has 1 N–H and O–H groups in total. The summed E-state index contributed by atoms with van der Waals surface area (Å²) < 4.78 is 65.2. The van der Waals surface area contributed by atoms with Crippen LogP contribution >= 0.6 is 0 Å². The molecule has 0 spiro atoms. The number of anilines is 1. The summed E-state index contributed by atoms with van der Waals surface area (Å²) in [5.41, 5.74) is 0.848. The van der Waals surface area contributed by atoms with Crippen molar-refractivity contribution in [2.24, 2.45) is 5.92 Å². The van der Waals surface area contributed by atoms with Crippen molar-refractivity contribution in [3.63, 3.8) is 0 Å². The zero-order valence-electron chi connectivity index (χ0n) is 18.7. The second-order valence-electron chi connectivity index (χ2n) is 7.66. The molecule has 0 aliphatic rings. The maximum absolute atomic E-state index is 14.0. The number of amides is 1. The van der Waals surface area contributed by atoms with Gasteiger partial charge in [0.05, 0.1) is 19.4 Å². The summed E-state index contributed by atoms with van der Waals surface area (Å²) in [6, 6.07) is 6.27. The molecule has 6 nitrogen and oxygen atoms in total. The van der Waals surface area contributed by atoms with Crippen LogP contribution in [0.4, 0.5) is 23.2 Å². The third-order valence-electron chi connectivity index (χ3n) is 5.23. The van der Waals surface area contributed by atoms with E-state index < -0.39 is 41.0 Å². The number of halogens is 4. The van der Waals surface area contributed by atoms with Crippen LogP contribution in [0.2, 0.25) is 0 Å². The summed E-state index contributed by atoms with van der Waals surface area (Å²) in [5, 5.41) is 2.51. The lowest BCUT2D eigenvalue weighted by atomic mass is 9.87. The molecule has 3 rings (SSSR count). The number of ether oxygens (including phenoxy) is 2. The van der Waals surface area contributed by atoms with Gasteiger partial charge in [0, 0.05) is 30.7 Å². The highest BCUT2D eigenvalue weighted by molar-refractivity contribution is 5.93. The molecule has 0 radical (unpaired) electrons. The molecule has 0 fully saturated rings. The average molecular weight is 477 g/mol. The summed E-state index contributed by atoms with van der Waals surface area (Å²) >= 11 is 0. The fourth-order valence-corrected chi connectivity index (χ4v) is 3.33. The minimum Gasteiger partial charge on any atom is -0.489 e. The minimum atomic E-state index is -1.11. The molecule has 10 heteroatoms. The van der Waals surface area contributed by atoms with E-state index in [1.165, 1.54) is 25.4 Å². The van der Waals surface area contributed by atoms with E-state index in [9.17, 15) is 22.4 Å². The Bertz CT molecular complexity index is 1180. The lowest BCUT2D eigenvalue weighted by Gasteiger charge is -2.25. The Labute approximate surface area is 194 Å². The number of hydrogen-bond acceptors (Lipinski definition) is 5. The molecular weight excluding hydrogens is 454 g/mol. The monoisotopic (exact) mass is 477 g/mol. The lowest BCUT2D eigenvalue weighted by Crippen LogP contribution is -2.29. The molecule has 0 saturated carbocycles. The van der Waals surface area contributed by atoms with Gasteiger partial charge in [0.2, 0.25) is 5.91 Å². The molecule has 0 aliphatic heterocycles. The maximum Gasteiger partial charge on any atom is 0.227 e. The highest BCUT2D eigenvalue weighted by atomic mass is 19.2. The normalized spacial score (nSPS) is 12.8. The Kier molecular flexibility index (Phi) is 8.17. The maximum atomic E-state index is 14.0. The molecule has 1 aromatic heterocycles. The second-order valence-corrected chi connectivity index (χ2v) is 7.66. The van der Waals surface area contributed by atoms with Crippen LogP contribution in [0.15, 0.2) is 42.6 Å². The number of aromatic nitrogens is 2. The standard InChI is InChI=1S/C24H23F4N3O3/c1-13(24(32)31-16-5-7-19(26)21(28)9-16)17(15-4-6-18(25)20(27)8-15)11-34-23-10-29-14(2)30-22(23)12-33-3/h4-10,13,17H,11-12H2,1-3H3,(H,31,32)/t13-,17?/m1/s1. The van der Waals surface area contributed by atoms with E-state index in [1.807, 2.05) is 0 Å². The quantitative estimate of drug-likeness (QED) is 0.443. The first-order valence-electron chi connectivity index (χ1n) is 10.3. The van der Waals surface area contributed by atoms with Crippen LogP contribution in [0.5, 0.6) is 5.75 Å². The fourth-order valence-electron chi connectivity index (χ4n) is 3.33. The van der Waals surface area contributed by atoms with Gasteiger partial charge in [-0.1, -0.05) is 13.0 Å². The molecule has 3 aromatic rings. The molecule has 0 aliphatic carbocycles. The third kappa shape index (κ3) is 6.07. The molecule has 34 heavy (non-hydrogen) atoms. The van der Waals surface area contributed by atoms with E-state index in [2.05, 4.69) is 15.3 Å². The predicted octanol–water partition coefficient (Wildman–Crippen LogP) is 4.93. The number of hydrogen-bond donors (Lipinski definition) is 1. The van der Waals surface area contributed by atoms with Crippen molar-refractivity contribution in [2.75, 3.05) is 19.0 Å². The Balaban J connectivity index is 1.86. The SMILES string of the molecule is COCc1nc(C)ncc1OCC(c1ccc(F)c(F)c1)[C@@H](C)C(=O)Nc1ccc(F)c(F)c1. The van der Waals surface area contributed by atoms with Crippen LogP contribution in [0.25, 0.3) is 0 Å². The van der Waals surface area contributed by atoms with Gasteiger partial charge in [0.1, 0.15) is 11.5 Å². The number of nitrogens with one attached hydrogen (secondary N) is 1. The lowest BCUT2D eigenvalue weighted by molar-refractivity contribution is -0.120. The zero-order valence-corrected chi connectivity index (χ0v) is 18.7. The van der Waals surface area contributed by atoms with Crippen LogP contribution in [0, 0.1) is 36.1 Å². The molecule has 0 saturated heterocycles. The summed E-state index contributed by atoms with van der Waals surface area (Å²) in [6.45, 7) is 3.31. The van der Waals surface area contributed by atoms with Gasteiger partial charge in [-0.15, -0.1) is 0 Å². The minimum absolute atomic E-state index is 0.0509. The molecule has 1 unspecified atom stereocenters. The summed E-state index contributed by atoms with van der Waals surface area (Å²) in [6.07, 6.45) is 1.46. The second kappa shape index (κ2) is 11.1. The third-order valence-corrected chi connectivity index (χ3v) is 5.23. The van der Waals surface area contributed by atoms with Gasteiger partial charge in [-0.2, -0.15) is 0 Å². The smallest absolute Gasteiger partial charge is 0.227 e. The van der Waals surface area contributed by atoms with Crippen molar-refractivity contribution in [3.05, 3.63) is 82.9 Å². The number of carbonyl (C=O) groups is 1. The topological polar surface area (TPSA) is 73.3 Å². The Morgan fingerprint density at radius 2 is 1.71 bits per heavy atom. The van der Waals surface area contributed by atoms with Crippen molar-refractivity contribution in [1.82, 2.24) is 9.97 Å². The number of methoxy groups -OCH3 is 1. The largest absolute Gasteiger partial charge is 0.489 e. The highest BCUT2D eigenvalue weighted by Crippen LogP contribution is 2.29. The summed E-state index contributed by atoms with van der Waals surface area (Å²) in [5.74, 6) is -5.58. The number of benzene rings is 2.